The third kappa shape index (κ3) is 3.07. The molecule has 0 saturated heterocycles. The van der Waals surface area contributed by atoms with Gasteiger partial charge in [-0.05, 0) is 39.9 Å². The Morgan fingerprint density at radius 3 is 2.76 bits per heavy atom. The second-order valence-corrected chi connectivity index (χ2v) is 5.22. The number of nitrogens with one attached hydrogen (secondary N) is 2. The summed E-state index contributed by atoms with van der Waals surface area (Å²) in [5.41, 5.74) is 3.06. The van der Waals surface area contributed by atoms with Crippen LogP contribution in [-0.2, 0) is 16.1 Å². The number of hydrogen-bond acceptors (Lipinski definition) is 4. The molecule has 114 valence electrons. The van der Waals surface area contributed by atoms with Crippen molar-refractivity contribution in [3.8, 4) is 0 Å². The summed E-state index contributed by atoms with van der Waals surface area (Å²) in [7, 11) is 0. The molecule has 7 heteroatoms. The fraction of sp³-hybridized carbons (Fsp3) is 0.500. The molecule has 0 aromatic carbocycles. The van der Waals surface area contributed by atoms with Crippen LogP contribution in [0.5, 0.6) is 0 Å². The maximum Gasteiger partial charge on any atom is 0.338 e. The Labute approximate surface area is 129 Å². The van der Waals surface area contributed by atoms with Gasteiger partial charge in [-0.1, -0.05) is 0 Å². The van der Waals surface area contributed by atoms with Gasteiger partial charge in [-0.3, -0.25) is 4.68 Å². The van der Waals surface area contributed by atoms with Gasteiger partial charge >= 0.3 is 5.97 Å². The molecule has 0 spiro atoms. The lowest BCUT2D eigenvalue weighted by Gasteiger charge is -2.29. The molecule has 1 unspecified atom stereocenters. The third-order valence-electron chi connectivity index (χ3n) is 3.38. The highest BCUT2D eigenvalue weighted by atomic mass is 32.1. The van der Waals surface area contributed by atoms with Gasteiger partial charge in [0.05, 0.1) is 23.9 Å². The first-order valence-corrected chi connectivity index (χ1v) is 7.38. The van der Waals surface area contributed by atoms with E-state index in [1.807, 2.05) is 31.6 Å². The van der Waals surface area contributed by atoms with E-state index in [2.05, 4.69) is 15.7 Å². The van der Waals surface area contributed by atoms with Gasteiger partial charge in [-0.2, -0.15) is 5.10 Å². The van der Waals surface area contributed by atoms with Crippen molar-refractivity contribution in [1.82, 2.24) is 20.4 Å². The molecule has 0 amide bonds. The van der Waals surface area contributed by atoms with Crippen LogP contribution in [0.3, 0.4) is 0 Å². The smallest absolute Gasteiger partial charge is 0.338 e. The number of ether oxygens (including phenoxy) is 1. The molecule has 0 bridgehead atoms. The SMILES string of the molecule is CCOC(=O)C1=C(C)NC(=S)NC1c1cn(CC)nc1C. The Morgan fingerprint density at radius 2 is 2.19 bits per heavy atom. The zero-order chi connectivity index (χ0) is 15.6. The molecule has 0 fully saturated rings. The third-order valence-corrected chi connectivity index (χ3v) is 3.60. The highest BCUT2D eigenvalue weighted by Gasteiger charge is 2.32. The molecule has 0 aliphatic carbocycles. The van der Waals surface area contributed by atoms with E-state index in [-0.39, 0.29) is 12.0 Å². The zero-order valence-corrected chi connectivity index (χ0v) is 13.5. The van der Waals surface area contributed by atoms with E-state index >= 15 is 0 Å². The number of esters is 1. The number of aryl methyl sites for hydroxylation is 2. The molecule has 1 aromatic heterocycles. The van der Waals surface area contributed by atoms with Gasteiger partial charge in [0.25, 0.3) is 0 Å². The molecule has 1 atom stereocenters. The van der Waals surface area contributed by atoms with Gasteiger partial charge in [-0.25, -0.2) is 4.79 Å². The van der Waals surface area contributed by atoms with Crippen LogP contribution in [0.25, 0.3) is 0 Å². The van der Waals surface area contributed by atoms with Gasteiger partial charge in [0.15, 0.2) is 5.11 Å². The molecule has 2 heterocycles. The van der Waals surface area contributed by atoms with E-state index < -0.39 is 0 Å². The van der Waals surface area contributed by atoms with E-state index in [0.29, 0.717) is 23.0 Å². The van der Waals surface area contributed by atoms with Crippen LogP contribution in [0.2, 0.25) is 0 Å². The summed E-state index contributed by atoms with van der Waals surface area (Å²) in [6.45, 7) is 8.66. The summed E-state index contributed by atoms with van der Waals surface area (Å²) in [5, 5.41) is 11.0. The highest BCUT2D eigenvalue weighted by Crippen LogP contribution is 2.29. The van der Waals surface area contributed by atoms with Crippen LogP contribution in [0.4, 0.5) is 0 Å². The number of aromatic nitrogens is 2. The number of carbonyl (C=O) groups is 1. The van der Waals surface area contributed by atoms with Crippen molar-refractivity contribution in [1.29, 1.82) is 0 Å². The van der Waals surface area contributed by atoms with E-state index in [1.54, 1.807) is 6.92 Å². The molecule has 2 rings (SSSR count). The van der Waals surface area contributed by atoms with Crippen LogP contribution in [0, 0.1) is 6.92 Å². The largest absolute Gasteiger partial charge is 0.463 e. The van der Waals surface area contributed by atoms with Gasteiger partial charge < -0.3 is 15.4 Å². The molecule has 6 nitrogen and oxygen atoms in total. The molecule has 21 heavy (non-hydrogen) atoms. The van der Waals surface area contributed by atoms with E-state index in [9.17, 15) is 4.79 Å². The lowest BCUT2D eigenvalue weighted by atomic mass is 9.96. The van der Waals surface area contributed by atoms with Crippen LogP contribution in [0.1, 0.15) is 38.1 Å². The first kappa shape index (κ1) is 15.5. The number of thiocarbonyl (C=S) groups is 1. The van der Waals surface area contributed by atoms with Crippen LogP contribution in [-0.4, -0.2) is 27.5 Å². The number of rotatable bonds is 4. The first-order valence-electron chi connectivity index (χ1n) is 6.97. The minimum Gasteiger partial charge on any atom is -0.463 e. The Balaban J connectivity index is 2.46. The lowest BCUT2D eigenvalue weighted by molar-refractivity contribution is -0.139. The van der Waals surface area contributed by atoms with Crippen LogP contribution < -0.4 is 10.6 Å². The van der Waals surface area contributed by atoms with Crippen LogP contribution in [0.15, 0.2) is 17.5 Å². The summed E-state index contributed by atoms with van der Waals surface area (Å²) < 4.78 is 7.01. The summed E-state index contributed by atoms with van der Waals surface area (Å²) in [5.74, 6) is -0.342. The van der Waals surface area contributed by atoms with Crippen molar-refractivity contribution in [2.45, 2.75) is 40.3 Å². The van der Waals surface area contributed by atoms with Crippen LogP contribution >= 0.6 is 12.2 Å². The normalized spacial score (nSPS) is 18.3. The van der Waals surface area contributed by atoms with Gasteiger partial charge in [-0.15, -0.1) is 0 Å². The van der Waals surface area contributed by atoms with Crippen molar-refractivity contribution in [3.63, 3.8) is 0 Å². The molecule has 1 aliphatic rings. The predicted octanol–water partition coefficient (Wildman–Crippen LogP) is 1.57. The van der Waals surface area contributed by atoms with Gasteiger partial charge in [0.2, 0.25) is 0 Å². The summed E-state index contributed by atoms with van der Waals surface area (Å²) in [4.78, 5) is 12.3. The highest BCUT2D eigenvalue weighted by molar-refractivity contribution is 7.80. The molecule has 2 N–H and O–H groups in total. The fourth-order valence-electron chi connectivity index (χ4n) is 2.39. The molecule has 1 aliphatic heterocycles. The monoisotopic (exact) mass is 308 g/mol. The van der Waals surface area contributed by atoms with E-state index in [4.69, 9.17) is 17.0 Å². The Bertz CT molecular complexity index is 606. The molecule has 1 aromatic rings. The zero-order valence-electron chi connectivity index (χ0n) is 12.7. The maximum absolute atomic E-state index is 12.3. The number of allylic oxidation sites excluding steroid dienone is 1. The molecular weight excluding hydrogens is 288 g/mol. The fourth-order valence-corrected chi connectivity index (χ4v) is 2.66. The van der Waals surface area contributed by atoms with Gasteiger partial charge in [0, 0.05) is 24.0 Å². The lowest BCUT2D eigenvalue weighted by Crippen LogP contribution is -2.45. The van der Waals surface area contributed by atoms with Crippen molar-refractivity contribution < 1.29 is 9.53 Å². The van der Waals surface area contributed by atoms with Crippen molar-refractivity contribution in [3.05, 3.63) is 28.7 Å². The Morgan fingerprint density at radius 1 is 1.48 bits per heavy atom. The second-order valence-electron chi connectivity index (χ2n) is 4.82. The van der Waals surface area contributed by atoms with Gasteiger partial charge in [0.1, 0.15) is 0 Å². The first-order chi connectivity index (χ1) is 9.97. The average Bonchev–Trinajstić information content (AvgIpc) is 2.79. The summed E-state index contributed by atoms with van der Waals surface area (Å²) in [6, 6.07) is -0.335. The van der Waals surface area contributed by atoms with E-state index in [1.165, 1.54) is 0 Å². The van der Waals surface area contributed by atoms with Crippen molar-refractivity contribution in [2.24, 2.45) is 0 Å². The van der Waals surface area contributed by atoms with E-state index in [0.717, 1.165) is 17.8 Å². The minimum absolute atomic E-state index is 0.333. The summed E-state index contributed by atoms with van der Waals surface area (Å²) in [6.07, 6.45) is 1.94. The van der Waals surface area contributed by atoms with Crippen molar-refractivity contribution >= 4 is 23.3 Å². The maximum atomic E-state index is 12.3. The Hall–Kier alpha value is -1.89. The predicted molar refractivity (Wildman–Crippen MR) is 83.6 cm³/mol. The average molecular weight is 308 g/mol. The quantitative estimate of drug-likeness (QED) is 0.650. The molecular formula is C14H20N4O2S. The Kier molecular flexibility index (Phi) is 4.62. The summed E-state index contributed by atoms with van der Waals surface area (Å²) >= 11 is 5.21. The number of hydrogen-bond donors (Lipinski definition) is 2. The molecule has 0 radical (unpaired) electrons. The number of carbonyl (C=O) groups excluding carboxylic acids is 1. The molecule has 0 saturated carbocycles. The van der Waals surface area contributed by atoms with Crippen molar-refractivity contribution in [2.75, 3.05) is 6.61 Å². The second kappa shape index (κ2) is 6.26. The standard InChI is InChI=1S/C14H20N4O2S/c1-5-18-7-10(8(3)17-18)12-11(13(19)20-6-2)9(4)15-14(21)16-12/h7,12H,5-6H2,1-4H3,(H2,15,16,21). The number of nitrogens with zero attached hydrogens (tertiary/aromatic N) is 2. The minimum atomic E-state index is -0.342. The topological polar surface area (TPSA) is 68.2 Å².